The van der Waals surface area contributed by atoms with Gasteiger partial charge in [-0.3, -0.25) is 5.41 Å². The summed E-state index contributed by atoms with van der Waals surface area (Å²) in [6.07, 6.45) is 0. The van der Waals surface area contributed by atoms with Crippen LogP contribution in [0.25, 0.3) is 16.6 Å². The first-order chi connectivity index (χ1) is 8.69. The van der Waals surface area contributed by atoms with Gasteiger partial charge in [-0.2, -0.15) is 9.61 Å². The Balaban J connectivity index is 2.41. The van der Waals surface area contributed by atoms with E-state index in [-0.39, 0.29) is 5.55 Å². The molecule has 0 spiro atoms. The van der Waals surface area contributed by atoms with Crippen LogP contribution < -0.4 is 5.55 Å². The lowest BCUT2D eigenvalue weighted by atomic mass is 10.2. The molecule has 0 atom stereocenters. The molecule has 0 aliphatic carbocycles. The highest BCUT2D eigenvalue weighted by Crippen LogP contribution is 2.15. The van der Waals surface area contributed by atoms with Crippen LogP contribution in [-0.2, 0) is 11.3 Å². The van der Waals surface area contributed by atoms with Crippen molar-refractivity contribution >= 4 is 16.6 Å². The molecule has 92 valence electrons. The van der Waals surface area contributed by atoms with Crippen LogP contribution in [0.1, 0.15) is 5.69 Å². The van der Waals surface area contributed by atoms with Crippen LogP contribution in [0.4, 0.5) is 4.39 Å². The highest BCUT2D eigenvalue weighted by atomic mass is 19.1. The molecule has 1 aromatic carbocycles. The predicted octanol–water partition coefficient (Wildman–Crippen LogP) is 1.85. The van der Waals surface area contributed by atoms with Gasteiger partial charge in [0.2, 0.25) is 11.3 Å². The van der Waals surface area contributed by atoms with E-state index in [0.717, 1.165) is 0 Å². The SMILES string of the molecule is COCc1cc2oc(=N)c3cc(F)ccc3n2n1. The van der Waals surface area contributed by atoms with Crippen molar-refractivity contribution in [2.24, 2.45) is 0 Å². The fourth-order valence-corrected chi connectivity index (χ4v) is 1.91. The Morgan fingerprint density at radius 1 is 1.44 bits per heavy atom. The van der Waals surface area contributed by atoms with Crippen LogP contribution in [0.5, 0.6) is 0 Å². The van der Waals surface area contributed by atoms with Crippen LogP contribution in [0.15, 0.2) is 28.7 Å². The molecule has 0 saturated carbocycles. The second-order valence-electron chi connectivity index (χ2n) is 3.91. The van der Waals surface area contributed by atoms with E-state index in [1.165, 1.54) is 12.1 Å². The minimum atomic E-state index is -0.408. The number of methoxy groups -OCH3 is 1. The summed E-state index contributed by atoms with van der Waals surface area (Å²) in [5, 5.41) is 12.4. The third-order valence-corrected chi connectivity index (χ3v) is 2.66. The first-order valence-electron chi connectivity index (χ1n) is 5.33. The molecule has 0 radical (unpaired) electrons. The molecule has 0 bridgehead atoms. The van der Waals surface area contributed by atoms with Gasteiger partial charge in [0.25, 0.3) is 0 Å². The number of nitrogens with zero attached hydrogens (tertiary/aromatic N) is 2. The molecule has 0 aliphatic rings. The molecule has 0 fully saturated rings. The van der Waals surface area contributed by atoms with E-state index < -0.39 is 5.82 Å². The predicted molar refractivity (Wildman–Crippen MR) is 61.5 cm³/mol. The molecule has 3 rings (SSSR count). The van der Waals surface area contributed by atoms with Crippen molar-refractivity contribution in [3.63, 3.8) is 0 Å². The number of hydrogen-bond acceptors (Lipinski definition) is 4. The number of halogens is 1. The van der Waals surface area contributed by atoms with Crippen molar-refractivity contribution in [2.75, 3.05) is 7.11 Å². The summed E-state index contributed by atoms with van der Waals surface area (Å²) in [7, 11) is 1.57. The minimum Gasteiger partial charge on any atom is -0.420 e. The summed E-state index contributed by atoms with van der Waals surface area (Å²) >= 11 is 0. The summed E-state index contributed by atoms with van der Waals surface area (Å²) in [5.74, 6) is -0.408. The van der Waals surface area contributed by atoms with Gasteiger partial charge in [-0.05, 0) is 18.2 Å². The lowest BCUT2D eigenvalue weighted by Gasteiger charge is -2.00. The fourth-order valence-electron chi connectivity index (χ4n) is 1.91. The van der Waals surface area contributed by atoms with E-state index in [1.807, 2.05) is 0 Å². The topological polar surface area (TPSA) is 63.5 Å². The normalized spacial score (nSPS) is 11.4. The molecule has 0 amide bonds. The van der Waals surface area contributed by atoms with E-state index in [4.69, 9.17) is 14.6 Å². The number of ether oxygens (including phenoxy) is 1. The van der Waals surface area contributed by atoms with E-state index >= 15 is 0 Å². The second-order valence-corrected chi connectivity index (χ2v) is 3.91. The number of fused-ring (bicyclic) bond motifs is 3. The zero-order valence-electron chi connectivity index (χ0n) is 9.61. The molecule has 2 aromatic heterocycles. The minimum absolute atomic E-state index is 0.0825. The van der Waals surface area contributed by atoms with Crippen LogP contribution >= 0.6 is 0 Å². The van der Waals surface area contributed by atoms with Crippen LogP contribution in [0.2, 0.25) is 0 Å². The largest absolute Gasteiger partial charge is 0.420 e. The van der Waals surface area contributed by atoms with Crippen molar-refractivity contribution in [2.45, 2.75) is 6.61 Å². The lowest BCUT2D eigenvalue weighted by Crippen LogP contribution is -2.05. The smallest absolute Gasteiger partial charge is 0.225 e. The number of hydrogen-bond donors (Lipinski definition) is 1. The highest BCUT2D eigenvalue weighted by Gasteiger charge is 2.09. The van der Waals surface area contributed by atoms with Crippen molar-refractivity contribution in [1.82, 2.24) is 9.61 Å². The van der Waals surface area contributed by atoms with Gasteiger partial charge in [0.05, 0.1) is 23.2 Å². The van der Waals surface area contributed by atoms with Gasteiger partial charge in [-0.1, -0.05) is 0 Å². The average molecular weight is 247 g/mol. The Bertz CT molecular complexity index is 791. The van der Waals surface area contributed by atoms with E-state index in [0.29, 0.717) is 28.9 Å². The molecular formula is C12H10FN3O2. The molecule has 0 unspecified atom stereocenters. The summed E-state index contributed by atoms with van der Waals surface area (Å²) in [5.41, 5.74) is 1.68. The highest BCUT2D eigenvalue weighted by molar-refractivity contribution is 5.78. The quantitative estimate of drug-likeness (QED) is 0.751. The Kier molecular flexibility index (Phi) is 2.38. The van der Waals surface area contributed by atoms with Crippen LogP contribution in [0.3, 0.4) is 0 Å². The molecule has 18 heavy (non-hydrogen) atoms. The van der Waals surface area contributed by atoms with E-state index in [9.17, 15) is 4.39 Å². The van der Waals surface area contributed by atoms with Gasteiger partial charge in [0.15, 0.2) is 0 Å². The third kappa shape index (κ3) is 1.58. The van der Waals surface area contributed by atoms with E-state index in [1.54, 1.807) is 23.8 Å². The maximum atomic E-state index is 13.2. The van der Waals surface area contributed by atoms with Crippen molar-refractivity contribution < 1.29 is 13.5 Å². The summed E-state index contributed by atoms with van der Waals surface area (Å²) < 4.78 is 25.0. The van der Waals surface area contributed by atoms with Crippen molar-refractivity contribution in [3.05, 3.63) is 41.3 Å². The molecule has 5 nitrogen and oxygen atoms in total. The van der Waals surface area contributed by atoms with Crippen LogP contribution in [-0.4, -0.2) is 16.7 Å². The molecule has 6 heteroatoms. The van der Waals surface area contributed by atoms with Crippen LogP contribution in [0, 0.1) is 11.2 Å². The molecule has 2 heterocycles. The molecule has 3 aromatic rings. The molecule has 0 saturated heterocycles. The monoisotopic (exact) mass is 247 g/mol. The first-order valence-corrected chi connectivity index (χ1v) is 5.33. The molecule has 1 N–H and O–H groups in total. The van der Waals surface area contributed by atoms with Gasteiger partial charge in [0.1, 0.15) is 5.82 Å². The Morgan fingerprint density at radius 2 is 2.28 bits per heavy atom. The first kappa shape index (κ1) is 10.9. The van der Waals surface area contributed by atoms with Gasteiger partial charge >= 0.3 is 0 Å². The Hall–Kier alpha value is -2.21. The average Bonchev–Trinajstić information content (AvgIpc) is 2.72. The van der Waals surface area contributed by atoms with Gasteiger partial charge in [0, 0.05) is 13.2 Å². The zero-order chi connectivity index (χ0) is 12.7. The Morgan fingerprint density at radius 3 is 3.06 bits per heavy atom. The fraction of sp³-hybridized carbons (Fsp3) is 0.167. The summed E-state index contributed by atoms with van der Waals surface area (Å²) in [6, 6.07) is 5.87. The number of aromatic nitrogens is 2. The third-order valence-electron chi connectivity index (χ3n) is 2.66. The van der Waals surface area contributed by atoms with E-state index in [2.05, 4.69) is 5.10 Å². The number of nitrogens with one attached hydrogen (secondary N) is 1. The summed E-state index contributed by atoms with van der Waals surface area (Å²) in [6.45, 7) is 0.354. The summed E-state index contributed by atoms with van der Waals surface area (Å²) in [4.78, 5) is 0. The molecule has 0 aliphatic heterocycles. The van der Waals surface area contributed by atoms with Gasteiger partial charge in [-0.25, -0.2) is 4.39 Å². The van der Waals surface area contributed by atoms with Gasteiger partial charge < -0.3 is 9.15 Å². The molecular weight excluding hydrogens is 237 g/mol. The maximum absolute atomic E-state index is 13.2. The van der Waals surface area contributed by atoms with Gasteiger partial charge in [-0.15, -0.1) is 0 Å². The zero-order valence-corrected chi connectivity index (χ0v) is 9.61. The van der Waals surface area contributed by atoms with Crippen molar-refractivity contribution in [1.29, 1.82) is 5.41 Å². The maximum Gasteiger partial charge on any atom is 0.225 e. The Labute approximate surface area is 101 Å². The standard InChI is InChI=1S/C12H10FN3O2/c1-17-6-8-5-11-16(15-8)10-3-2-7(13)4-9(10)12(14)18-11/h2-5,14H,6H2,1H3. The lowest BCUT2D eigenvalue weighted by molar-refractivity contribution is 0.181. The second kappa shape index (κ2) is 3.92. The van der Waals surface area contributed by atoms with Crippen molar-refractivity contribution in [3.8, 4) is 0 Å². The number of rotatable bonds is 2. The number of benzene rings is 1.